The molecule has 0 aliphatic carbocycles. The lowest BCUT2D eigenvalue weighted by molar-refractivity contribution is 0.0954. The average molecular weight is 464 g/mol. The monoisotopic (exact) mass is 463 g/mol. The highest BCUT2D eigenvalue weighted by Crippen LogP contribution is 2.15. The topological polar surface area (TPSA) is 96.9 Å². The molecular formula is C25H25N3O4S. The van der Waals surface area contributed by atoms with Gasteiger partial charge in [0.15, 0.2) is 0 Å². The largest absolute Gasteiger partial charge is 0.377 e. The molecule has 1 heterocycles. The van der Waals surface area contributed by atoms with E-state index in [-0.39, 0.29) is 23.1 Å². The number of hydrogen-bond donors (Lipinski definition) is 2. The fourth-order valence-electron chi connectivity index (χ4n) is 3.55. The molecule has 1 aliphatic rings. The van der Waals surface area contributed by atoms with E-state index in [2.05, 4.69) is 15.2 Å². The summed E-state index contributed by atoms with van der Waals surface area (Å²) in [6.45, 7) is 0.858. The molecule has 1 saturated heterocycles. The van der Waals surface area contributed by atoms with Crippen LogP contribution in [0.25, 0.3) is 0 Å². The first-order valence-corrected chi connectivity index (χ1v) is 12.2. The van der Waals surface area contributed by atoms with Gasteiger partial charge in [0.2, 0.25) is 10.0 Å². The minimum absolute atomic E-state index is 0.0171. The zero-order chi connectivity index (χ0) is 23.1. The van der Waals surface area contributed by atoms with Gasteiger partial charge in [-0.05, 0) is 31.0 Å². The molecule has 0 radical (unpaired) electrons. The van der Waals surface area contributed by atoms with E-state index in [4.69, 9.17) is 4.74 Å². The molecule has 3 aromatic carbocycles. The van der Waals surface area contributed by atoms with Gasteiger partial charge in [0.25, 0.3) is 5.91 Å². The molecule has 33 heavy (non-hydrogen) atoms. The van der Waals surface area contributed by atoms with Gasteiger partial charge in [-0.15, -0.1) is 0 Å². The first kappa shape index (κ1) is 22.8. The van der Waals surface area contributed by atoms with E-state index in [0.717, 1.165) is 24.0 Å². The van der Waals surface area contributed by atoms with Gasteiger partial charge >= 0.3 is 0 Å². The first-order chi connectivity index (χ1) is 16.0. The quantitative estimate of drug-likeness (QED) is 0.396. The van der Waals surface area contributed by atoms with Crippen molar-refractivity contribution >= 4 is 21.6 Å². The molecule has 0 spiro atoms. The van der Waals surface area contributed by atoms with Crippen LogP contribution < -0.4 is 10.1 Å². The summed E-state index contributed by atoms with van der Waals surface area (Å²) in [5.41, 5.74) is 5.05. The van der Waals surface area contributed by atoms with E-state index in [1.165, 1.54) is 18.2 Å². The Morgan fingerprint density at radius 3 is 2.15 bits per heavy atom. The molecule has 0 aromatic heterocycles. The smallest absolute Gasteiger partial charge is 0.271 e. The van der Waals surface area contributed by atoms with E-state index < -0.39 is 15.9 Å². The highest BCUT2D eigenvalue weighted by Gasteiger charge is 2.21. The van der Waals surface area contributed by atoms with Crippen LogP contribution >= 0.6 is 0 Å². The van der Waals surface area contributed by atoms with Crippen molar-refractivity contribution in [3.8, 4) is 0 Å². The molecule has 3 aromatic rings. The molecular weight excluding hydrogens is 438 g/mol. The van der Waals surface area contributed by atoms with E-state index in [9.17, 15) is 13.2 Å². The minimum atomic E-state index is -3.77. The molecule has 7 nitrogen and oxygen atoms in total. The summed E-state index contributed by atoms with van der Waals surface area (Å²) in [6.07, 6.45) is 1.64. The summed E-state index contributed by atoms with van der Waals surface area (Å²) in [7, 11) is -3.77. The van der Waals surface area contributed by atoms with Crippen molar-refractivity contribution in [2.24, 2.45) is 5.10 Å². The number of benzene rings is 3. The average Bonchev–Trinajstić information content (AvgIpc) is 3.38. The summed E-state index contributed by atoms with van der Waals surface area (Å²) in [6, 6.07) is 24.9. The number of sulfonamides is 1. The third kappa shape index (κ3) is 5.92. The predicted molar refractivity (Wildman–Crippen MR) is 127 cm³/mol. The lowest BCUT2D eigenvalue weighted by Gasteiger charge is -2.12. The Kier molecular flexibility index (Phi) is 7.29. The SMILES string of the molecule is O=C(NN=C(c1ccccc1)c1ccccc1)c1cccc(S(=O)(=O)NC[C@H]2CCCO2)c1. The molecule has 2 N–H and O–H groups in total. The first-order valence-electron chi connectivity index (χ1n) is 10.7. The van der Waals surface area contributed by atoms with Gasteiger partial charge < -0.3 is 4.74 Å². The van der Waals surface area contributed by atoms with Crippen LogP contribution in [0.4, 0.5) is 0 Å². The second-order valence-electron chi connectivity index (χ2n) is 7.65. The number of carbonyl (C=O) groups excluding carboxylic acids is 1. The number of hydrazone groups is 1. The maximum Gasteiger partial charge on any atom is 0.271 e. The van der Waals surface area contributed by atoms with Crippen LogP contribution in [0.15, 0.2) is 94.9 Å². The molecule has 0 bridgehead atoms. The van der Waals surface area contributed by atoms with Gasteiger partial charge in [0.05, 0.1) is 16.7 Å². The van der Waals surface area contributed by atoms with E-state index >= 15 is 0 Å². The maximum absolute atomic E-state index is 12.8. The number of hydrogen-bond acceptors (Lipinski definition) is 5. The lowest BCUT2D eigenvalue weighted by Crippen LogP contribution is -2.32. The van der Waals surface area contributed by atoms with Crippen LogP contribution in [-0.2, 0) is 14.8 Å². The molecule has 8 heteroatoms. The number of nitrogens with one attached hydrogen (secondary N) is 2. The van der Waals surface area contributed by atoms with Crippen molar-refractivity contribution in [1.82, 2.24) is 10.1 Å². The second kappa shape index (κ2) is 10.5. The van der Waals surface area contributed by atoms with Gasteiger partial charge in [0, 0.05) is 29.8 Å². The van der Waals surface area contributed by atoms with Crippen LogP contribution in [0.3, 0.4) is 0 Å². The van der Waals surface area contributed by atoms with Gasteiger partial charge in [0.1, 0.15) is 0 Å². The number of nitrogens with zero attached hydrogens (tertiary/aromatic N) is 1. The molecule has 4 rings (SSSR count). The Labute approximate surface area is 193 Å². The summed E-state index contributed by atoms with van der Waals surface area (Å²) in [5, 5.41) is 4.36. The molecule has 1 amide bonds. The van der Waals surface area contributed by atoms with Crippen LogP contribution in [0.1, 0.15) is 34.3 Å². The van der Waals surface area contributed by atoms with E-state index in [1.54, 1.807) is 6.07 Å². The Morgan fingerprint density at radius 2 is 1.55 bits per heavy atom. The zero-order valence-corrected chi connectivity index (χ0v) is 18.8. The fraction of sp³-hybridized carbons (Fsp3) is 0.200. The highest BCUT2D eigenvalue weighted by atomic mass is 32.2. The minimum Gasteiger partial charge on any atom is -0.377 e. The van der Waals surface area contributed by atoms with E-state index in [1.807, 2.05) is 60.7 Å². The lowest BCUT2D eigenvalue weighted by atomic mass is 10.0. The van der Waals surface area contributed by atoms with Gasteiger partial charge in [-0.25, -0.2) is 18.6 Å². The van der Waals surface area contributed by atoms with Crippen molar-refractivity contribution in [3.05, 3.63) is 102 Å². The van der Waals surface area contributed by atoms with Crippen molar-refractivity contribution in [1.29, 1.82) is 0 Å². The van der Waals surface area contributed by atoms with Gasteiger partial charge in [-0.2, -0.15) is 5.10 Å². The molecule has 0 unspecified atom stereocenters. The summed E-state index contributed by atoms with van der Waals surface area (Å²) < 4.78 is 33.4. The standard InChI is InChI=1S/C25H25N3O4S/c29-25(28-27-24(19-9-3-1-4-10-19)20-11-5-2-6-12-20)21-13-7-15-23(17-21)33(30,31)26-18-22-14-8-16-32-22/h1-7,9-13,15,17,22,26H,8,14,16,18H2,(H,28,29)/t22-/m1/s1. The van der Waals surface area contributed by atoms with Crippen molar-refractivity contribution in [2.45, 2.75) is 23.8 Å². The molecule has 1 atom stereocenters. The van der Waals surface area contributed by atoms with Crippen molar-refractivity contribution in [3.63, 3.8) is 0 Å². The maximum atomic E-state index is 12.8. The Morgan fingerprint density at radius 1 is 0.909 bits per heavy atom. The Bertz CT molecular complexity index is 1180. The normalized spacial score (nSPS) is 15.7. The van der Waals surface area contributed by atoms with Crippen molar-refractivity contribution < 1.29 is 17.9 Å². The third-order valence-corrected chi connectivity index (χ3v) is 6.72. The molecule has 0 saturated carbocycles. The summed E-state index contributed by atoms with van der Waals surface area (Å²) >= 11 is 0. The summed E-state index contributed by atoms with van der Waals surface area (Å²) in [5.74, 6) is -0.504. The van der Waals surface area contributed by atoms with Crippen molar-refractivity contribution in [2.75, 3.05) is 13.2 Å². The van der Waals surface area contributed by atoms with Crippen LogP contribution in [0, 0.1) is 0 Å². The fourth-order valence-corrected chi connectivity index (χ4v) is 4.67. The molecule has 1 fully saturated rings. The molecule has 170 valence electrons. The number of amides is 1. The number of carbonyl (C=O) groups is 1. The van der Waals surface area contributed by atoms with Gasteiger partial charge in [-0.3, -0.25) is 4.79 Å². The predicted octanol–water partition coefficient (Wildman–Crippen LogP) is 3.33. The highest BCUT2D eigenvalue weighted by molar-refractivity contribution is 7.89. The van der Waals surface area contributed by atoms with Crippen LogP contribution in [0.2, 0.25) is 0 Å². The van der Waals surface area contributed by atoms with Crippen LogP contribution in [-0.4, -0.2) is 39.3 Å². The third-order valence-electron chi connectivity index (χ3n) is 5.30. The Hall–Kier alpha value is -3.33. The second-order valence-corrected chi connectivity index (χ2v) is 9.42. The Balaban J connectivity index is 1.52. The number of ether oxygens (including phenoxy) is 1. The van der Waals surface area contributed by atoms with Gasteiger partial charge in [-0.1, -0.05) is 66.7 Å². The zero-order valence-electron chi connectivity index (χ0n) is 18.0. The number of rotatable bonds is 8. The molecule has 1 aliphatic heterocycles. The summed E-state index contributed by atoms with van der Waals surface area (Å²) in [4.78, 5) is 12.8. The van der Waals surface area contributed by atoms with E-state index in [0.29, 0.717) is 12.3 Å². The van der Waals surface area contributed by atoms with Crippen LogP contribution in [0.5, 0.6) is 0 Å².